The van der Waals surface area contributed by atoms with Crippen molar-refractivity contribution in [2.75, 3.05) is 0 Å². The van der Waals surface area contributed by atoms with E-state index >= 15 is 0 Å². The van der Waals surface area contributed by atoms with E-state index in [1.807, 2.05) is 12.1 Å². The van der Waals surface area contributed by atoms with Gasteiger partial charge in [0.15, 0.2) is 5.82 Å². The first kappa shape index (κ1) is 17.3. The van der Waals surface area contributed by atoms with Gasteiger partial charge in [-0.05, 0) is 64.5 Å². The van der Waals surface area contributed by atoms with E-state index in [1.165, 1.54) is 10.9 Å². The zero-order valence-corrected chi connectivity index (χ0v) is 16.6. The summed E-state index contributed by atoms with van der Waals surface area (Å²) in [6.07, 6.45) is 1.51. The number of nitrogens with one attached hydrogen (secondary N) is 1. The smallest absolute Gasteiger partial charge is 0.216 e. The summed E-state index contributed by atoms with van der Waals surface area (Å²) < 4.78 is 3.19. The Labute approximate surface area is 164 Å². The Bertz CT molecular complexity index is 982. The number of aromatic amines is 1. The molecule has 2 N–H and O–H groups in total. The van der Waals surface area contributed by atoms with Gasteiger partial charge in [-0.1, -0.05) is 27.5 Å². The lowest BCUT2D eigenvalue weighted by atomic mass is 10.2. The largest absolute Gasteiger partial charge is 0.506 e. The summed E-state index contributed by atoms with van der Waals surface area (Å²) in [6, 6.07) is 10.7. The first-order chi connectivity index (χ1) is 11.5. The molecule has 0 saturated carbocycles. The zero-order chi connectivity index (χ0) is 17.3. The van der Waals surface area contributed by atoms with E-state index in [4.69, 9.17) is 23.8 Å². The van der Waals surface area contributed by atoms with Crippen LogP contribution in [0.5, 0.6) is 5.75 Å². The molecule has 3 aromatic rings. The third-order valence-electron chi connectivity index (χ3n) is 3.12. The fourth-order valence-corrected chi connectivity index (χ4v) is 3.55. The summed E-state index contributed by atoms with van der Waals surface area (Å²) in [5.74, 6) is 0.631. The summed E-state index contributed by atoms with van der Waals surface area (Å²) in [4.78, 5) is 0. The number of hydrogen-bond acceptors (Lipinski definition) is 4. The molecule has 0 amide bonds. The van der Waals surface area contributed by atoms with E-state index in [-0.39, 0.29) is 5.75 Å². The minimum atomic E-state index is 0.0880. The molecule has 0 spiro atoms. The Morgan fingerprint density at radius 1 is 1.25 bits per heavy atom. The number of aromatic hydroxyl groups is 1. The standard InChI is InChI=1S/C15H9Br2ClN4OS/c16-10-5-9(13(23)12(17)6-10)7-19-22-14(20-21-15(22)24)8-1-3-11(18)4-2-8/h1-7,23H,(H,21,24)/b19-7-. The number of hydrogen-bond donors (Lipinski definition) is 2. The molecule has 0 fully saturated rings. The summed E-state index contributed by atoms with van der Waals surface area (Å²) >= 11 is 17.8. The highest BCUT2D eigenvalue weighted by Gasteiger charge is 2.09. The number of aromatic nitrogens is 3. The van der Waals surface area contributed by atoms with Crippen molar-refractivity contribution in [3.05, 3.63) is 60.7 Å². The number of phenols is 1. The van der Waals surface area contributed by atoms with E-state index in [1.54, 1.807) is 24.3 Å². The van der Waals surface area contributed by atoms with E-state index in [2.05, 4.69) is 47.2 Å². The van der Waals surface area contributed by atoms with Crippen LogP contribution in [0.3, 0.4) is 0 Å². The van der Waals surface area contributed by atoms with Gasteiger partial charge in [-0.2, -0.15) is 14.9 Å². The van der Waals surface area contributed by atoms with Gasteiger partial charge in [0.2, 0.25) is 4.77 Å². The Morgan fingerprint density at radius 2 is 1.96 bits per heavy atom. The molecule has 0 bridgehead atoms. The molecule has 3 rings (SSSR count). The lowest BCUT2D eigenvalue weighted by Crippen LogP contribution is -1.95. The van der Waals surface area contributed by atoms with Crippen molar-refractivity contribution in [1.82, 2.24) is 14.9 Å². The average Bonchev–Trinajstić information content (AvgIpc) is 2.91. The molecule has 24 heavy (non-hydrogen) atoms. The van der Waals surface area contributed by atoms with Gasteiger partial charge in [0.1, 0.15) is 5.75 Å². The Morgan fingerprint density at radius 3 is 2.67 bits per heavy atom. The van der Waals surface area contributed by atoms with Crippen LogP contribution in [0, 0.1) is 4.77 Å². The molecule has 0 saturated heterocycles. The zero-order valence-electron chi connectivity index (χ0n) is 11.9. The highest BCUT2D eigenvalue weighted by molar-refractivity contribution is 9.11. The second kappa shape index (κ2) is 7.18. The molecule has 0 atom stereocenters. The SMILES string of the molecule is Oc1c(Br)cc(Br)cc1/C=N\n1c(-c2ccc(Cl)cc2)n[nH]c1=S. The van der Waals surface area contributed by atoms with E-state index in [0.29, 0.717) is 25.7 Å². The van der Waals surface area contributed by atoms with Crippen molar-refractivity contribution in [2.24, 2.45) is 5.10 Å². The van der Waals surface area contributed by atoms with Gasteiger partial charge < -0.3 is 5.11 Å². The number of rotatable bonds is 3. The maximum atomic E-state index is 10.1. The lowest BCUT2D eigenvalue weighted by molar-refractivity contribution is 0.471. The first-order valence-electron chi connectivity index (χ1n) is 6.61. The van der Waals surface area contributed by atoms with Gasteiger partial charge in [-0.15, -0.1) is 0 Å². The fourth-order valence-electron chi connectivity index (χ4n) is 1.99. The number of phenolic OH excluding ortho intramolecular Hbond substituents is 1. The van der Waals surface area contributed by atoms with Crippen molar-refractivity contribution >= 4 is 61.9 Å². The molecule has 0 unspecified atom stereocenters. The molecule has 0 radical (unpaired) electrons. The molecule has 0 aliphatic heterocycles. The maximum absolute atomic E-state index is 10.1. The minimum absolute atomic E-state index is 0.0880. The Balaban J connectivity index is 2.04. The van der Waals surface area contributed by atoms with Crippen LogP contribution in [0.2, 0.25) is 5.02 Å². The molecule has 2 aromatic carbocycles. The molecule has 5 nitrogen and oxygen atoms in total. The Hall–Kier alpha value is -1.48. The Kier molecular flexibility index (Phi) is 5.19. The predicted octanol–water partition coefficient (Wildman–Crippen LogP) is 5.37. The van der Waals surface area contributed by atoms with Crippen molar-refractivity contribution in [3.8, 4) is 17.1 Å². The van der Waals surface area contributed by atoms with Crippen LogP contribution < -0.4 is 0 Å². The monoisotopic (exact) mass is 486 g/mol. The van der Waals surface area contributed by atoms with Gasteiger partial charge in [0.05, 0.1) is 10.7 Å². The van der Waals surface area contributed by atoms with Crippen LogP contribution in [0.4, 0.5) is 0 Å². The summed E-state index contributed by atoms with van der Waals surface area (Å²) in [5.41, 5.74) is 1.34. The van der Waals surface area contributed by atoms with E-state index < -0.39 is 0 Å². The van der Waals surface area contributed by atoms with Crippen LogP contribution in [0.25, 0.3) is 11.4 Å². The van der Waals surface area contributed by atoms with Crippen LogP contribution in [-0.2, 0) is 0 Å². The van der Waals surface area contributed by atoms with Crippen molar-refractivity contribution in [3.63, 3.8) is 0 Å². The topological polar surface area (TPSA) is 66.2 Å². The second-order valence-electron chi connectivity index (χ2n) is 4.74. The van der Waals surface area contributed by atoms with Crippen molar-refractivity contribution in [2.45, 2.75) is 0 Å². The molecule has 122 valence electrons. The molecule has 0 aliphatic rings. The number of benzene rings is 2. The quantitative estimate of drug-likeness (QED) is 0.385. The van der Waals surface area contributed by atoms with Crippen LogP contribution >= 0.6 is 55.7 Å². The highest BCUT2D eigenvalue weighted by Crippen LogP contribution is 2.30. The van der Waals surface area contributed by atoms with Crippen molar-refractivity contribution < 1.29 is 5.11 Å². The number of nitrogens with zero attached hydrogens (tertiary/aromatic N) is 3. The molecule has 0 aliphatic carbocycles. The highest BCUT2D eigenvalue weighted by atomic mass is 79.9. The average molecular weight is 489 g/mol. The van der Waals surface area contributed by atoms with Crippen LogP contribution in [0.1, 0.15) is 5.56 Å². The third kappa shape index (κ3) is 3.61. The van der Waals surface area contributed by atoms with Gasteiger partial charge in [-0.3, -0.25) is 0 Å². The van der Waals surface area contributed by atoms with Gasteiger partial charge >= 0.3 is 0 Å². The van der Waals surface area contributed by atoms with Gasteiger partial charge in [0.25, 0.3) is 0 Å². The molecule has 1 heterocycles. The summed E-state index contributed by atoms with van der Waals surface area (Å²) in [6.45, 7) is 0. The predicted molar refractivity (Wildman–Crippen MR) is 104 cm³/mol. The normalized spacial score (nSPS) is 11.3. The molecule has 9 heteroatoms. The maximum Gasteiger partial charge on any atom is 0.216 e. The molecule has 1 aromatic heterocycles. The number of halogens is 3. The minimum Gasteiger partial charge on any atom is -0.506 e. The summed E-state index contributed by atoms with van der Waals surface area (Å²) in [7, 11) is 0. The van der Waals surface area contributed by atoms with E-state index in [0.717, 1.165) is 10.0 Å². The molecular formula is C15H9Br2ClN4OS. The van der Waals surface area contributed by atoms with Gasteiger partial charge in [-0.25, -0.2) is 5.10 Å². The van der Waals surface area contributed by atoms with E-state index in [9.17, 15) is 5.11 Å². The number of H-pyrrole nitrogens is 1. The second-order valence-corrected chi connectivity index (χ2v) is 7.33. The van der Waals surface area contributed by atoms with Crippen LogP contribution in [0.15, 0.2) is 50.4 Å². The lowest BCUT2D eigenvalue weighted by Gasteiger charge is -2.04. The third-order valence-corrected chi connectivity index (χ3v) is 4.70. The fraction of sp³-hybridized carbons (Fsp3) is 0. The first-order valence-corrected chi connectivity index (χ1v) is 8.98. The van der Waals surface area contributed by atoms with Gasteiger partial charge in [0, 0.05) is 20.6 Å². The summed E-state index contributed by atoms with van der Waals surface area (Å²) in [5, 5.41) is 22.0. The molecular weight excluding hydrogens is 480 g/mol. The van der Waals surface area contributed by atoms with Crippen LogP contribution in [-0.4, -0.2) is 26.2 Å². The van der Waals surface area contributed by atoms with Crippen molar-refractivity contribution in [1.29, 1.82) is 0 Å².